The lowest BCUT2D eigenvalue weighted by atomic mass is 10.1. The second kappa shape index (κ2) is 4.64. The van der Waals surface area contributed by atoms with Gasteiger partial charge in [-0.2, -0.15) is 13.2 Å². The Hall–Kier alpha value is -1.73. The van der Waals surface area contributed by atoms with E-state index >= 15 is 0 Å². The molecule has 0 aromatic carbocycles. The van der Waals surface area contributed by atoms with Gasteiger partial charge in [-0.05, 0) is 6.07 Å². The van der Waals surface area contributed by atoms with Crippen LogP contribution in [0.15, 0.2) is 12.3 Å². The minimum atomic E-state index is -4.85. The van der Waals surface area contributed by atoms with Crippen LogP contribution in [0.2, 0.25) is 0 Å². The number of rotatable bonds is 2. The summed E-state index contributed by atoms with van der Waals surface area (Å²) in [5, 5.41) is 0. The maximum absolute atomic E-state index is 12.5. The molecule has 8 heteroatoms. The van der Waals surface area contributed by atoms with Crippen molar-refractivity contribution in [2.45, 2.75) is 12.6 Å². The smallest absolute Gasteiger partial charge is 0.433 e. The molecule has 0 radical (unpaired) electrons. The molecule has 1 heterocycles. The normalized spacial score (nSPS) is 11.7. The Morgan fingerprint density at radius 3 is 2.41 bits per heavy atom. The van der Waals surface area contributed by atoms with Gasteiger partial charge in [0.05, 0.1) is 12.7 Å². The van der Waals surface area contributed by atoms with Gasteiger partial charge >= 0.3 is 12.1 Å². The first-order valence-electron chi connectivity index (χ1n) is 4.21. The predicted molar refractivity (Wildman–Crippen MR) is 45.5 cm³/mol. The van der Waals surface area contributed by atoms with Gasteiger partial charge in [-0.25, -0.2) is 13.6 Å². The number of hydrogen-bond acceptors (Lipinski definition) is 3. The van der Waals surface area contributed by atoms with Crippen molar-refractivity contribution in [1.29, 1.82) is 0 Å². The summed E-state index contributed by atoms with van der Waals surface area (Å²) in [5.41, 5.74) is -3.23. The topological polar surface area (TPSA) is 39.2 Å². The van der Waals surface area contributed by atoms with Crippen molar-refractivity contribution in [3.8, 4) is 0 Å². The Labute approximate surface area is 92.2 Å². The summed E-state index contributed by atoms with van der Waals surface area (Å²) in [7, 11) is 0.926. The highest BCUT2D eigenvalue weighted by Gasteiger charge is 2.34. The van der Waals surface area contributed by atoms with Gasteiger partial charge in [-0.1, -0.05) is 0 Å². The van der Waals surface area contributed by atoms with Crippen LogP contribution in [-0.2, 0) is 10.9 Å². The SMILES string of the molecule is COC(=O)c1cnc(C(F)(F)F)cc1C(F)F. The van der Waals surface area contributed by atoms with Crippen LogP contribution >= 0.6 is 0 Å². The van der Waals surface area contributed by atoms with Crippen LogP contribution in [0.4, 0.5) is 22.0 Å². The fraction of sp³-hybridized carbons (Fsp3) is 0.333. The van der Waals surface area contributed by atoms with Crippen molar-refractivity contribution >= 4 is 5.97 Å². The van der Waals surface area contributed by atoms with Gasteiger partial charge in [0.1, 0.15) is 5.69 Å². The molecule has 94 valence electrons. The molecule has 17 heavy (non-hydrogen) atoms. The molecule has 0 aliphatic rings. The Morgan fingerprint density at radius 2 is 2.00 bits per heavy atom. The van der Waals surface area contributed by atoms with E-state index in [-0.39, 0.29) is 6.07 Å². The summed E-state index contributed by atoms with van der Waals surface area (Å²) in [6.45, 7) is 0. The molecule has 1 rings (SSSR count). The van der Waals surface area contributed by atoms with Crippen LogP contribution in [0.5, 0.6) is 0 Å². The maximum Gasteiger partial charge on any atom is 0.433 e. The number of aromatic nitrogens is 1. The first-order valence-corrected chi connectivity index (χ1v) is 4.21. The third-order valence-electron chi connectivity index (χ3n) is 1.87. The number of ether oxygens (including phenoxy) is 1. The lowest BCUT2D eigenvalue weighted by Gasteiger charge is -2.10. The van der Waals surface area contributed by atoms with Gasteiger partial charge in [0.2, 0.25) is 0 Å². The van der Waals surface area contributed by atoms with E-state index < -0.39 is 35.4 Å². The monoisotopic (exact) mass is 255 g/mol. The number of alkyl halides is 5. The van der Waals surface area contributed by atoms with Crippen LogP contribution < -0.4 is 0 Å². The second-order valence-electron chi connectivity index (χ2n) is 2.95. The highest BCUT2D eigenvalue weighted by molar-refractivity contribution is 5.90. The van der Waals surface area contributed by atoms with E-state index in [0.29, 0.717) is 6.20 Å². The van der Waals surface area contributed by atoms with Crippen molar-refractivity contribution in [2.75, 3.05) is 7.11 Å². The average Bonchev–Trinajstić information content (AvgIpc) is 2.25. The molecule has 1 aromatic heterocycles. The van der Waals surface area contributed by atoms with E-state index in [1.54, 1.807) is 0 Å². The van der Waals surface area contributed by atoms with E-state index in [1.165, 1.54) is 0 Å². The first kappa shape index (κ1) is 13.3. The van der Waals surface area contributed by atoms with Gasteiger partial charge in [-0.15, -0.1) is 0 Å². The standard InChI is InChI=1S/C9H6F5NO2/c1-17-8(16)5-3-15-6(9(12,13)14)2-4(5)7(10)11/h2-3,7H,1H3. The number of pyridine rings is 1. The van der Waals surface area contributed by atoms with Gasteiger partial charge in [0.15, 0.2) is 0 Å². The zero-order valence-electron chi connectivity index (χ0n) is 8.39. The number of hydrogen-bond donors (Lipinski definition) is 0. The predicted octanol–water partition coefficient (Wildman–Crippen LogP) is 2.82. The van der Waals surface area contributed by atoms with Gasteiger partial charge in [-0.3, -0.25) is 4.98 Å². The van der Waals surface area contributed by atoms with Crippen molar-refractivity contribution in [3.63, 3.8) is 0 Å². The van der Waals surface area contributed by atoms with Crippen molar-refractivity contribution in [1.82, 2.24) is 4.98 Å². The fourth-order valence-corrected chi connectivity index (χ4v) is 1.09. The van der Waals surface area contributed by atoms with Gasteiger partial charge in [0.25, 0.3) is 6.43 Å². The molecule has 0 aliphatic heterocycles. The average molecular weight is 255 g/mol. The van der Waals surface area contributed by atoms with Gasteiger partial charge < -0.3 is 4.74 Å². The summed E-state index contributed by atoms with van der Waals surface area (Å²) in [5.74, 6) is -1.17. The molecule has 0 atom stereocenters. The van der Waals surface area contributed by atoms with Crippen LogP contribution in [0.25, 0.3) is 0 Å². The summed E-state index contributed by atoms with van der Waals surface area (Å²) < 4.78 is 65.8. The van der Waals surface area contributed by atoms with E-state index in [1.807, 2.05) is 0 Å². The quantitative estimate of drug-likeness (QED) is 0.602. The number of nitrogens with zero attached hydrogens (tertiary/aromatic N) is 1. The largest absolute Gasteiger partial charge is 0.465 e. The third kappa shape index (κ3) is 2.89. The number of esters is 1. The Morgan fingerprint density at radius 1 is 1.41 bits per heavy atom. The molecule has 1 aromatic rings. The molecule has 0 N–H and O–H groups in total. The van der Waals surface area contributed by atoms with E-state index in [9.17, 15) is 26.7 Å². The molecule has 0 saturated heterocycles. The summed E-state index contributed by atoms with van der Waals surface area (Å²) in [4.78, 5) is 13.9. The fourth-order valence-electron chi connectivity index (χ4n) is 1.09. The van der Waals surface area contributed by atoms with Crippen LogP contribution in [0.3, 0.4) is 0 Å². The minimum Gasteiger partial charge on any atom is -0.465 e. The first-order chi connectivity index (χ1) is 7.77. The Balaban J connectivity index is 3.32. The summed E-state index contributed by atoms with van der Waals surface area (Å²) in [6.07, 6.45) is -7.65. The zero-order chi connectivity index (χ0) is 13.2. The van der Waals surface area contributed by atoms with Crippen molar-refractivity contribution in [2.24, 2.45) is 0 Å². The molecular formula is C9H6F5NO2. The molecular weight excluding hydrogens is 249 g/mol. The zero-order valence-corrected chi connectivity index (χ0v) is 8.39. The third-order valence-corrected chi connectivity index (χ3v) is 1.87. The summed E-state index contributed by atoms with van der Waals surface area (Å²) in [6, 6.07) is 0.136. The van der Waals surface area contributed by atoms with Crippen molar-refractivity contribution in [3.05, 3.63) is 29.1 Å². The molecule has 0 fully saturated rings. The molecule has 0 amide bonds. The number of carbonyl (C=O) groups excluding carboxylic acids is 1. The Kier molecular flexibility index (Phi) is 3.64. The van der Waals surface area contributed by atoms with E-state index in [2.05, 4.69) is 9.72 Å². The molecule has 0 unspecified atom stereocenters. The van der Waals surface area contributed by atoms with Gasteiger partial charge in [0, 0.05) is 11.8 Å². The van der Waals surface area contributed by atoms with Crippen molar-refractivity contribution < 1.29 is 31.5 Å². The Bertz CT molecular complexity index is 430. The van der Waals surface area contributed by atoms with Crippen LogP contribution in [0, 0.1) is 0 Å². The van der Waals surface area contributed by atoms with Crippen LogP contribution in [-0.4, -0.2) is 18.1 Å². The number of carbonyl (C=O) groups is 1. The molecule has 0 saturated carbocycles. The molecule has 3 nitrogen and oxygen atoms in total. The van der Waals surface area contributed by atoms with E-state index in [0.717, 1.165) is 7.11 Å². The highest BCUT2D eigenvalue weighted by atomic mass is 19.4. The lowest BCUT2D eigenvalue weighted by molar-refractivity contribution is -0.141. The van der Waals surface area contributed by atoms with Crippen LogP contribution in [0.1, 0.15) is 28.0 Å². The highest BCUT2D eigenvalue weighted by Crippen LogP contribution is 2.31. The summed E-state index contributed by atoms with van der Waals surface area (Å²) >= 11 is 0. The number of methoxy groups -OCH3 is 1. The number of halogens is 5. The minimum absolute atomic E-state index is 0.136. The molecule has 0 bridgehead atoms. The maximum atomic E-state index is 12.5. The lowest BCUT2D eigenvalue weighted by Crippen LogP contribution is -2.13. The van der Waals surface area contributed by atoms with E-state index in [4.69, 9.17) is 0 Å². The molecule has 0 spiro atoms. The molecule has 0 aliphatic carbocycles. The second-order valence-corrected chi connectivity index (χ2v) is 2.95.